The van der Waals surface area contributed by atoms with E-state index in [1.807, 2.05) is 4.90 Å². The number of para-hydroxylation sites is 1. The van der Waals surface area contributed by atoms with E-state index in [0.29, 0.717) is 5.92 Å². The molecule has 3 heterocycles. The largest absolute Gasteiger partial charge is 0.358 e. The average Bonchev–Trinajstić information content (AvgIpc) is 3.34. The van der Waals surface area contributed by atoms with Gasteiger partial charge in [0.15, 0.2) is 0 Å². The lowest BCUT2D eigenvalue weighted by atomic mass is 9.94. The lowest BCUT2D eigenvalue weighted by Crippen LogP contribution is -2.40. The maximum absolute atomic E-state index is 12.6. The lowest BCUT2D eigenvalue weighted by Gasteiger charge is -2.31. The number of carbonyl (C=O) groups is 1. The number of H-pyrrole nitrogens is 1. The quantitative estimate of drug-likeness (QED) is 0.709. The number of aromatic nitrogens is 2. The van der Waals surface area contributed by atoms with Gasteiger partial charge in [-0.3, -0.25) is 4.98 Å². The summed E-state index contributed by atoms with van der Waals surface area (Å²) in [5, 5.41) is 4.30. The van der Waals surface area contributed by atoms with Crippen molar-refractivity contribution in [3.05, 3.63) is 59.5 Å². The van der Waals surface area contributed by atoms with Crippen molar-refractivity contribution in [2.45, 2.75) is 38.0 Å². The Morgan fingerprint density at radius 2 is 2.00 bits per heavy atom. The molecule has 5 nitrogen and oxygen atoms in total. The topological polar surface area (TPSA) is 61.0 Å². The molecule has 0 radical (unpaired) electrons. The Balaban J connectivity index is 1.21. The van der Waals surface area contributed by atoms with Gasteiger partial charge in [-0.15, -0.1) is 0 Å². The number of aromatic amines is 1. The normalized spacial score (nSPS) is 17.3. The van der Waals surface area contributed by atoms with Crippen LogP contribution in [0.1, 0.15) is 42.1 Å². The Hall–Kier alpha value is -2.82. The maximum Gasteiger partial charge on any atom is 0.321 e. The van der Waals surface area contributed by atoms with Crippen LogP contribution in [-0.4, -0.2) is 34.0 Å². The number of hydrogen-bond acceptors (Lipinski definition) is 2. The highest BCUT2D eigenvalue weighted by Crippen LogP contribution is 2.30. The van der Waals surface area contributed by atoms with Crippen LogP contribution in [0.25, 0.3) is 10.9 Å². The van der Waals surface area contributed by atoms with Gasteiger partial charge in [-0.2, -0.15) is 0 Å². The van der Waals surface area contributed by atoms with Crippen LogP contribution in [0, 0.1) is 0 Å². The van der Waals surface area contributed by atoms with E-state index in [-0.39, 0.29) is 6.03 Å². The van der Waals surface area contributed by atoms with Gasteiger partial charge in [-0.1, -0.05) is 18.2 Å². The third kappa shape index (κ3) is 3.18. The second-order valence-corrected chi connectivity index (χ2v) is 7.69. The molecule has 3 aromatic rings. The smallest absolute Gasteiger partial charge is 0.321 e. The van der Waals surface area contributed by atoms with Crippen LogP contribution in [0.5, 0.6) is 0 Å². The summed E-state index contributed by atoms with van der Waals surface area (Å²) in [5.41, 5.74) is 5.77. The molecule has 1 aromatic carbocycles. The number of nitrogens with one attached hydrogen (secondary N) is 2. The predicted octanol–water partition coefficient (Wildman–Crippen LogP) is 4.46. The minimum absolute atomic E-state index is 0.00940. The zero-order chi connectivity index (χ0) is 18.2. The average molecular weight is 360 g/mol. The number of hydrogen-bond donors (Lipinski definition) is 2. The fourth-order valence-electron chi connectivity index (χ4n) is 4.41. The van der Waals surface area contributed by atoms with Crippen LogP contribution in [0.15, 0.2) is 42.6 Å². The summed E-state index contributed by atoms with van der Waals surface area (Å²) in [4.78, 5) is 22.6. The molecule has 1 aliphatic carbocycles. The molecule has 2 N–H and O–H groups in total. The number of nitrogens with zero attached hydrogens (tertiary/aromatic N) is 2. The highest BCUT2D eigenvalue weighted by atomic mass is 16.2. The first-order valence-corrected chi connectivity index (χ1v) is 9.87. The second-order valence-electron chi connectivity index (χ2n) is 7.69. The van der Waals surface area contributed by atoms with E-state index >= 15 is 0 Å². The standard InChI is InChI=1S/C22H24N4O/c27-22(24-18-12-16-5-3-7-19(16)23-14-18)26-10-8-15(9-11-26)21-13-17-4-1-2-6-20(17)25-21/h1-2,4,6,12-15,25H,3,5,7-11H2,(H,24,27). The molecule has 5 rings (SSSR count). The molecule has 0 saturated carbocycles. The molecule has 1 fully saturated rings. The fourth-order valence-corrected chi connectivity index (χ4v) is 4.41. The van der Waals surface area contributed by atoms with Gasteiger partial charge in [0, 0.05) is 35.9 Å². The number of piperidine rings is 1. The summed E-state index contributed by atoms with van der Waals surface area (Å²) >= 11 is 0. The van der Waals surface area contributed by atoms with Crippen LogP contribution in [-0.2, 0) is 12.8 Å². The molecule has 0 atom stereocenters. The zero-order valence-electron chi connectivity index (χ0n) is 15.4. The van der Waals surface area contributed by atoms with Gasteiger partial charge in [-0.25, -0.2) is 4.79 Å². The van der Waals surface area contributed by atoms with Crippen molar-refractivity contribution < 1.29 is 4.79 Å². The molecule has 1 saturated heterocycles. The van der Waals surface area contributed by atoms with E-state index in [2.05, 4.69) is 51.7 Å². The first-order valence-electron chi connectivity index (χ1n) is 9.87. The van der Waals surface area contributed by atoms with E-state index in [0.717, 1.165) is 44.5 Å². The molecule has 1 aliphatic heterocycles. The number of anilines is 1. The Kier molecular flexibility index (Phi) is 4.07. The molecule has 0 spiro atoms. The number of fused-ring (bicyclic) bond motifs is 2. The molecular formula is C22H24N4O. The molecule has 2 amide bonds. The van der Waals surface area contributed by atoms with Crippen molar-refractivity contribution in [2.24, 2.45) is 0 Å². The highest BCUT2D eigenvalue weighted by Gasteiger charge is 2.25. The van der Waals surface area contributed by atoms with Gasteiger partial charge < -0.3 is 15.2 Å². The summed E-state index contributed by atoms with van der Waals surface area (Å²) in [5.74, 6) is 0.489. The van der Waals surface area contributed by atoms with Crippen molar-refractivity contribution in [1.82, 2.24) is 14.9 Å². The number of carbonyl (C=O) groups excluding carboxylic acids is 1. The van der Waals surface area contributed by atoms with Gasteiger partial charge >= 0.3 is 6.03 Å². The molecule has 138 valence electrons. The number of likely N-dealkylation sites (tertiary alicyclic amines) is 1. The molecule has 2 aliphatic rings. The number of aryl methyl sites for hydroxylation is 2. The van der Waals surface area contributed by atoms with Gasteiger partial charge in [0.25, 0.3) is 0 Å². The van der Waals surface area contributed by atoms with Gasteiger partial charge in [-0.05, 0) is 61.3 Å². The Morgan fingerprint density at radius 1 is 1.15 bits per heavy atom. The van der Waals surface area contributed by atoms with Crippen LogP contribution >= 0.6 is 0 Å². The molecular weight excluding hydrogens is 336 g/mol. The van der Waals surface area contributed by atoms with Crippen LogP contribution in [0.4, 0.5) is 10.5 Å². The first-order chi connectivity index (χ1) is 13.3. The second kappa shape index (κ2) is 6.72. The van der Waals surface area contributed by atoms with Gasteiger partial charge in [0.2, 0.25) is 0 Å². The van der Waals surface area contributed by atoms with E-state index in [1.54, 1.807) is 6.20 Å². The van der Waals surface area contributed by atoms with Crippen LogP contribution in [0.3, 0.4) is 0 Å². The maximum atomic E-state index is 12.6. The van der Waals surface area contributed by atoms with Crippen LogP contribution < -0.4 is 5.32 Å². The minimum Gasteiger partial charge on any atom is -0.358 e. The monoisotopic (exact) mass is 360 g/mol. The third-order valence-electron chi connectivity index (χ3n) is 5.94. The van der Waals surface area contributed by atoms with Gasteiger partial charge in [0.1, 0.15) is 0 Å². The van der Waals surface area contributed by atoms with Crippen molar-refractivity contribution in [2.75, 3.05) is 18.4 Å². The Morgan fingerprint density at radius 3 is 2.85 bits per heavy atom. The molecule has 0 bridgehead atoms. The fraction of sp³-hybridized carbons (Fsp3) is 0.364. The van der Waals surface area contributed by atoms with E-state index in [1.165, 1.54) is 34.3 Å². The van der Waals surface area contributed by atoms with Crippen LogP contribution in [0.2, 0.25) is 0 Å². The molecule has 5 heteroatoms. The predicted molar refractivity (Wildman–Crippen MR) is 107 cm³/mol. The van der Waals surface area contributed by atoms with E-state index in [4.69, 9.17) is 0 Å². The Bertz CT molecular complexity index is 952. The summed E-state index contributed by atoms with van der Waals surface area (Å²) in [7, 11) is 0. The Labute approximate surface area is 158 Å². The first kappa shape index (κ1) is 16.4. The van der Waals surface area contributed by atoms with Gasteiger partial charge in [0.05, 0.1) is 11.9 Å². The summed E-state index contributed by atoms with van der Waals surface area (Å²) in [6.07, 6.45) is 7.07. The van der Waals surface area contributed by atoms with E-state index in [9.17, 15) is 4.79 Å². The van der Waals surface area contributed by atoms with Crippen molar-refractivity contribution in [3.8, 4) is 0 Å². The van der Waals surface area contributed by atoms with E-state index < -0.39 is 0 Å². The summed E-state index contributed by atoms with van der Waals surface area (Å²) < 4.78 is 0. The SMILES string of the molecule is O=C(Nc1cnc2c(c1)CCC2)N1CCC(c2cc3ccccc3[nH]2)CC1. The van der Waals surface area contributed by atoms with Crippen molar-refractivity contribution in [3.63, 3.8) is 0 Å². The molecule has 0 unspecified atom stereocenters. The number of rotatable bonds is 2. The zero-order valence-corrected chi connectivity index (χ0v) is 15.4. The molecule has 27 heavy (non-hydrogen) atoms. The summed E-state index contributed by atoms with van der Waals surface area (Å²) in [6.45, 7) is 1.56. The number of pyridine rings is 1. The lowest BCUT2D eigenvalue weighted by molar-refractivity contribution is 0.194. The highest BCUT2D eigenvalue weighted by molar-refractivity contribution is 5.89. The minimum atomic E-state index is -0.00940. The van der Waals surface area contributed by atoms with Crippen molar-refractivity contribution >= 4 is 22.6 Å². The number of benzene rings is 1. The summed E-state index contributed by atoms with van der Waals surface area (Å²) in [6, 6.07) is 12.7. The number of urea groups is 1. The third-order valence-corrected chi connectivity index (χ3v) is 5.94. The number of amides is 2. The van der Waals surface area contributed by atoms with Crippen molar-refractivity contribution in [1.29, 1.82) is 0 Å². The molecule has 2 aromatic heterocycles.